The number of thioether (sulfide) groups is 1. The summed E-state index contributed by atoms with van der Waals surface area (Å²) in [5.41, 5.74) is 1.93. The Balaban J connectivity index is 1.98. The third-order valence-corrected chi connectivity index (χ3v) is 3.87. The molecule has 2 rings (SSSR count). The van der Waals surface area contributed by atoms with Crippen LogP contribution in [0.1, 0.15) is 18.9 Å². The van der Waals surface area contributed by atoms with Crippen molar-refractivity contribution in [3.05, 3.63) is 23.8 Å². The van der Waals surface area contributed by atoms with Crippen LogP contribution >= 0.6 is 11.8 Å². The molecule has 5 heteroatoms. The first-order valence-corrected chi connectivity index (χ1v) is 7.90. The second kappa shape index (κ2) is 6.82. The average Bonchev–Trinajstić information content (AvgIpc) is 2.43. The highest BCUT2D eigenvalue weighted by molar-refractivity contribution is 7.98. The molecule has 4 nitrogen and oxygen atoms in total. The molecule has 1 aliphatic heterocycles. The zero-order valence-electron chi connectivity index (χ0n) is 11.4. The number of ether oxygens (including phenoxy) is 1. The fraction of sp³-hybridized carbons (Fsp3) is 0.500. The molecule has 0 saturated carbocycles. The van der Waals surface area contributed by atoms with E-state index in [9.17, 15) is 4.79 Å². The van der Waals surface area contributed by atoms with Crippen LogP contribution < -0.4 is 15.4 Å². The average molecular weight is 280 g/mol. The highest BCUT2D eigenvalue weighted by Gasteiger charge is 2.16. The Morgan fingerprint density at radius 3 is 3.11 bits per heavy atom. The van der Waals surface area contributed by atoms with Gasteiger partial charge in [0.2, 0.25) is 0 Å². The van der Waals surface area contributed by atoms with Crippen LogP contribution in [-0.4, -0.2) is 30.6 Å². The van der Waals surface area contributed by atoms with Crippen LogP contribution in [0.5, 0.6) is 5.75 Å². The molecule has 1 atom stereocenters. The number of nitrogens with one attached hydrogen (secondary N) is 2. The Hall–Kier alpha value is -1.20. The van der Waals surface area contributed by atoms with Gasteiger partial charge in [-0.15, -0.1) is 0 Å². The van der Waals surface area contributed by atoms with Crippen molar-refractivity contribution < 1.29 is 9.53 Å². The minimum atomic E-state index is -0.0913. The first-order valence-electron chi connectivity index (χ1n) is 6.50. The number of amides is 1. The topological polar surface area (TPSA) is 50.4 Å². The molecular weight excluding hydrogens is 260 g/mol. The Labute approximate surface area is 118 Å². The number of benzene rings is 1. The maximum absolute atomic E-state index is 11.3. The normalized spacial score (nSPS) is 15.4. The van der Waals surface area contributed by atoms with E-state index in [0.717, 1.165) is 35.7 Å². The molecule has 1 amide bonds. The molecule has 1 heterocycles. The van der Waals surface area contributed by atoms with Gasteiger partial charge in [0.25, 0.3) is 5.91 Å². The Morgan fingerprint density at radius 1 is 1.53 bits per heavy atom. The molecule has 0 bridgehead atoms. The lowest BCUT2D eigenvalue weighted by molar-refractivity contribution is -0.118. The molecule has 19 heavy (non-hydrogen) atoms. The summed E-state index contributed by atoms with van der Waals surface area (Å²) >= 11 is 1.85. The van der Waals surface area contributed by atoms with Gasteiger partial charge in [-0.25, -0.2) is 0 Å². The Kier molecular flexibility index (Phi) is 5.10. The molecular formula is C14H20N2O2S. The minimum absolute atomic E-state index is 0.0913. The van der Waals surface area contributed by atoms with Crippen LogP contribution in [0.25, 0.3) is 0 Å². The van der Waals surface area contributed by atoms with Crippen molar-refractivity contribution in [1.82, 2.24) is 5.32 Å². The molecule has 1 aromatic carbocycles. The van der Waals surface area contributed by atoms with Crippen LogP contribution in [-0.2, 0) is 11.3 Å². The van der Waals surface area contributed by atoms with Gasteiger partial charge in [-0.1, -0.05) is 13.0 Å². The molecule has 104 valence electrons. The van der Waals surface area contributed by atoms with Gasteiger partial charge in [-0.3, -0.25) is 4.79 Å². The van der Waals surface area contributed by atoms with Crippen molar-refractivity contribution in [2.75, 3.05) is 23.9 Å². The van der Waals surface area contributed by atoms with Crippen LogP contribution in [0.3, 0.4) is 0 Å². The maximum atomic E-state index is 11.3. The molecule has 1 unspecified atom stereocenters. The van der Waals surface area contributed by atoms with Gasteiger partial charge in [0.15, 0.2) is 6.61 Å². The summed E-state index contributed by atoms with van der Waals surface area (Å²) in [5.74, 6) is 1.77. The van der Waals surface area contributed by atoms with Gasteiger partial charge in [0.1, 0.15) is 5.75 Å². The summed E-state index contributed by atoms with van der Waals surface area (Å²) in [4.78, 5) is 11.3. The van der Waals surface area contributed by atoms with Crippen LogP contribution in [0.2, 0.25) is 0 Å². The van der Waals surface area contributed by atoms with Gasteiger partial charge < -0.3 is 15.4 Å². The van der Waals surface area contributed by atoms with Crippen molar-refractivity contribution in [1.29, 1.82) is 0 Å². The Morgan fingerprint density at radius 2 is 2.37 bits per heavy atom. The van der Waals surface area contributed by atoms with E-state index in [4.69, 9.17) is 4.74 Å². The number of anilines is 1. The van der Waals surface area contributed by atoms with Crippen molar-refractivity contribution in [2.24, 2.45) is 0 Å². The molecule has 0 aromatic heterocycles. The van der Waals surface area contributed by atoms with E-state index in [-0.39, 0.29) is 12.5 Å². The molecule has 0 aliphatic carbocycles. The van der Waals surface area contributed by atoms with Gasteiger partial charge in [0.05, 0.1) is 5.69 Å². The lowest BCUT2D eigenvalue weighted by Gasteiger charge is -2.20. The molecule has 0 saturated heterocycles. The zero-order valence-corrected chi connectivity index (χ0v) is 12.2. The third kappa shape index (κ3) is 3.88. The second-order valence-corrected chi connectivity index (χ2v) is 5.52. The predicted molar refractivity (Wildman–Crippen MR) is 79.9 cm³/mol. The van der Waals surface area contributed by atoms with E-state index in [0.29, 0.717) is 6.04 Å². The molecule has 1 aromatic rings. The number of carbonyl (C=O) groups excluding carboxylic acids is 1. The maximum Gasteiger partial charge on any atom is 0.262 e. The first kappa shape index (κ1) is 14.2. The number of hydrogen-bond acceptors (Lipinski definition) is 4. The van der Waals surface area contributed by atoms with E-state index in [2.05, 4.69) is 23.8 Å². The van der Waals surface area contributed by atoms with E-state index in [1.807, 2.05) is 30.0 Å². The molecule has 1 aliphatic rings. The smallest absolute Gasteiger partial charge is 0.262 e. The monoisotopic (exact) mass is 280 g/mol. The van der Waals surface area contributed by atoms with Gasteiger partial charge >= 0.3 is 0 Å². The van der Waals surface area contributed by atoms with Gasteiger partial charge in [-0.2, -0.15) is 11.8 Å². The van der Waals surface area contributed by atoms with Crippen molar-refractivity contribution in [2.45, 2.75) is 25.9 Å². The first-order chi connectivity index (χ1) is 9.22. The van der Waals surface area contributed by atoms with E-state index < -0.39 is 0 Å². The SMILES string of the molecule is CCC(CSC)NCc1ccc2c(c1)NC(=O)CO2. The fourth-order valence-corrected chi connectivity index (χ4v) is 2.78. The molecule has 0 spiro atoms. The van der Waals surface area contributed by atoms with E-state index in [1.165, 1.54) is 0 Å². The highest BCUT2D eigenvalue weighted by atomic mass is 32.2. The van der Waals surface area contributed by atoms with Crippen LogP contribution in [0.4, 0.5) is 5.69 Å². The molecule has 0 fully saturated rings. The van der Waals surface area contributed by atoms with E-state index >= 15 is 0 Å². The third-order valence-electron chi connectivity index (χ3n) is 3.13. The Bertz CT molecular complexity index is 451. The molecule has 2 N–H and O–H groups in total. The largest absolute Gasteiger partial charge is 0.482 e. The number of rotatable bonds is 6. The zero-order chi connectivity index (χ0) is 13.7. The predicted octanol–water partition coefficient (Wildman–Crippen LogP) is 2.25. The van der Waals surface area contributed by atoms with Crippen LogP contribution in [0.15, 0.2) is 18.2 Å². The summed E-state index contributed by atoms with van der Waals surface area (Å²) in [7, 11) is 0. The summed E-state index contributed by atoms with van der Waals surface area (Å²) in [6, 6.07) is 6.46. The van der Waals surface area contributed by atoms with E-state index in [1.54, 1.807) is 0 Å². The highest BCUT2D eigenvalue weighted by Crippen LogP contribution is 2.28. The summed E-state index contributed by atoms with van der Waals surface area (Å²) < 4.78 is 5.34. The van der Waals surface area contributed by atoms with Crippen molar-refractivity contribution in [3.8, 4) is 5.75 Å². The lowest BCUT2D eigenvalue weighted by atomic mass is 10.1. The number of hydrogen-bond donors (Lipinski definition) is 2. The molecule has 0 radical (unpaired) electrons. The van der Waals surface area contributed by atoms with Gasteiger partial charge in [-0.05, 0) is 30.4 Å². The van der Waals surface area contributed by atoms with Crippen LogP contribution in [0, 0.1) is 0 Å². The van der Waals surface area contributed by atoms with Gasteiger partial charge in [0, 0.05) is 18.3 Å². The second-order valence-electron chi connectivity index (χ2n) is 4.61. The quantitative estimate of drug-likeness (QED) is 0.839. The standard InChI is InChI=1S/C14H20N2O2S/c1-3-11(9-19-2)15-7-10-4-5-13-12(6-10)16-14(17)8-18-13/h4-6,11,15H,3,7-9H2,1-2H3,(H,16,17). The minimum Gasteiger partial charge on any atom is -0.482 e. The van der Waals surface area contributed by atoms with Crippen molar-refractivity contribution >= 4 is 23.4 Å². The summed E-state index contributed by atoms with van der Waals surface area (Å²) in [6.07, 6.45) is 3.24. The fourth-order valence-electron chi connectivity index (χ4n) is 2.02. The summed E-state index contributed by atoms with van der Waals surface area (Å²) in [5, 5.41) is 6.36. The van der Waals surface area contributed by atoms with Crippen molar-refractivity contribution in [3.63, 3.8) is 0 Å². The number of carbonyl (C=O) groups is 1. The summed E-state index contributed by atoms with van der Waals surface area (Å²) in [6.45, 7) is 3.10. The lowest BCUT2D eigenvalue weighted by Crippen LogP contribution is -2.30. The number of fused-ring (bicyclic) bond motifs is 1.